The number of carboxylic acid groups (broad SMARTS) is 1. The predicted molar refractivity (Wildman–Crippen MR) is 85.0 cm³/mol. The van der Waals surface area contributed by atoms with E-state index in [9.17, 15) is 9.90 Å². The second kappa shape index (κ2) is 8.35. The molecule has 0 bridgehead atoms. The number of oxime groups is 1. The van der Waals surface area contributed by atoms with Gasteiger partial charge in [0, 0.05) is 6.42 Å². The molecule has 0 saturated carbocycles. The van der Waals surface area contributed by atoms with Crippen LogP contribution in [0.2, 0.25) is 0 Å². The fourth-order valence-corrected chi connectivity index (χ4v) is 1.89. The van der Waals surface area contributed by atoms with Crippen LogP contribution in [0, 0.1) is 0 Å². The van der Waals surface area contributed by atoms with Crippen molar-refractivity contribution in [2.45, 2.75) is 31.9 Å². The van der Waals surface area contributed by atoms with E-state index in [1.165, 1.54) is 0 Å². The summed E-state index contributed by atoms with van der Waals surface area (Å²) in [4.78, 5) is 15.6. The first-order valence-corrected chi connectivity index (χ1v) is 7.11. The van der Waals surface area contributed by atoms with Crippen molar-refractivity contribution in [1.82, 2.24) is 5.32 Å². The third-order valence-corrected chi connectivity index (χ3v) is 3.11. The van der Waals surface area contributed by atoms with E-state index in [0.717, 1.165) is 11.1 Å². The van der Waals surface area contributed by atoms with Gasteiger partial charge in [0.1, 0.15) is 6.61 Å². The molecule has 1 aromatic carbocycles. The Labute approximate surface area is 134 Å². The number of carbonyl (C=O) groups is 1. The Bertz CT molecular complexity index is 537. The summed E-state index contributed by atoms with van der Waals surface area (Å²) < 4.78 is 0. The Kier molecular flexibility index (Phi) is 6.80. The number of hydrogen-bond acceptors (Lipinski definition) is 5. The molecule has 0 fully saturated rings. The minimum atomic E-state index is -1.23. The van der Waals surface area contributed by atoms with E-state index < -0.39 is 17.7 Å². The minimum absolute atomic E-state index is 0.0270. The second-order valence-electron chi connectivity index (χ2n) is 5.54. The number of nitrogens with zero attached hydrogens (tertiary/aromatic N) is 1. The molecule has 1 amide bonds. The molecule has 8 heteroatoms. The molecule has 23 heavy (non-hydrogen) atoms. The number of amidine groups is 1. The van der Waals surface area contributed by atoms with Crippen molar-refractivity contribution in [2.75, 3.05) is 13.2 Å². The van der Waals surface area contributed by atoms with Crippen LogP contribution in [0.5, 0.6) is 0 Å². The highest BCUT2D eigenvalue weighted by Crippen LogP contribution is 2.20. The van der Waals surface area contributed by atoms with Crippen LogP contribution in [0.3, 0.4) is 0 Å². The Morgan fingerprint density at radius 2 is 2.00 bits per heavy atom. The van der Waals surface area contributed by atoms with Gasteiger partial charge in [-0.2, -0.15) is 0 Å². The molecule has 0 saturated heterocycles. The minimum Gasteiger partial charge on any atom is -0.465 e. The van der Waals surface area contributed by atoms with Gasteiger partial charge in [-0.05, 0) is 25.0 Å². The zero-order chi connectivity index (χ0) is 17.5. The van der Waals surface area contributed by atoms with Crippen LogP contribution in [-0.4, -0.2) is 46.5 Å². The number of rotatable bonds is 8. The average molecular weight is 325 g/mol. The van der Waals surface area contributed by atoms with Crippen molar-refractivity contribution in [1.29, 1.82) is 0 Å². The van der Waals surface area contributed by atoms with Gasteiger partial charge in [0.25, 0.3) is 0 Å². The molecule has 1 unspecified atom stereocenters. The molecule has 1 atom stereocenters. The summed E-state index contributed by atoms with van der Waals surface area (Å²) in [6.45, 7) is 3.12. The summed E-state index contributed by atoms with van der Waals surface area (Å²) in [7, 11) is 0. The number of hydrogen-bond donors (Lipinski definition) is 5. The molecule has 1 aromatic rings. The van der Waals surface area contributed by atoms with E-state index in [2.05, 4.69) is 10.5 Å². The zero-order valence-electron chi connectivity index (χ0n) is 13.2. The van der Waals surface area contributed by atoms with Crippen LogP contribution in [0.25, 0.3) is 0 Å². The van der Waals surface area contributed by atoms with Crippen molar-refractivity contribution in [3.8, 4) is 0 Å². The lowest BCUT2D eigenvalue weighted by molar-refractivity contribution is 0.0786. The Balaban J connectivity index is 2.84. The monoisotopic (exact) mass is 325 g/mol. The lowest BCUT2D eigenvalue weighted by atomic mass is 9.95. The van der Waals surface area contributed by atoms with Crippen LogP contribution < -0.4 is 11.1 Å². The molecule has 8 nitrogen and oxygen atoms in total. The fourth-order valence-electron chi connectivity index (χ4n) is 1.89. The van der Waals surface area contributed by atoms with Crippen LogP contribution in [0.15, 0.2) is 29.4 Å². The van der Waals surface area contributed by atoms with Gasteiger partial charge in [0.05, 0.1) is 18.2 Å². The number of benzene rings is 1. The smallest absolute Gasteiger partial charge is 0.405 e. The largest absolute Gasteiger partial charge is 0.465 e. The SMILES string of the molecule is CC(C)(O)c1ccc(CC(NC(=O)O)C(N)=NOCCO)cc1. The van der Waals surface area contributed by atoms with Gasteiger partial charge in [-0.1, -0.05) is 29.4 Å². The van der Waals surface area contributed by atoms with Gasteiger partial charge in [0.15, 0.2) is 5.84 Å². The predicted octanol–water partition coefficient (Wildman–Crippen LogP) is 0.374. The number of aliphatic hydroxyl groups excluding tert-OH is 1. The lowest BCUT2D eigenvalue weighted by Gasteiger charge is -2.19. The maximum absolute atomic E-state index is 10.9. The van der Waals surface area contributed by atoms with Gasteiger partial charge < -0.3 is 31.2 Å². The normalized spacial score (nSPS) is 13.5. The number of aliphatic hydroxyl groups is 2. The second-order valence-corrected chi connectivity index (χ2v) is 5.54. The third kappa shape index (κ3) is 6.54. The molecule has 6 N–H and O–H groups in total. The molecule has 0 aliphatic rings. The quantitative estimate of drug-likeness (QED) is 0.203. The maximum atomic E-state index is 10.9. The summed E-state index contributed by atoms with van der Waals surface area (Å²) in [5.41, 5.74) is 6.35. The lowest BCUT2D eigenvalue weighted by Crippen LogP contribution is -2.45. The Morgan fingerprint density at radius 1 is 1.39 bits per heavy atom. The van der Waals surface area contributed by atoms with Gasteiger partial charge in [-0.3, -0.25) is 0 Å². The van der Waals surface area contributed by atoms with E-state index >= 15 is 0 Å². The summed E-state index contributed by atoms with van der Waals surface area (Å²) >= 11 is 0. The molecule has 0 aromatic heterocycles. The molecular formula is C15H23N3O5. The van der Waals surface area contributed by atoms with Crippen LogP contribution in [0.4, 0.5) is 4.79 Å². The molecule has 0 radical (unpaired) electrons. The van der Waals surface area contributed by atoms with Crippen LogP contribution in [0.1, 0.15) is 25.0 Å². The van der Waals surface area contributed by atoms with E-state index in [1.807, 2.05) is 0 Å². The highest BCUT2D eigenvalue weighted by Gasteiger charge is 2.19. The first-order valence-electron chi connectivity index (χ1n) is 7.11. The molecule has 0 spiro atoms. The Hall–Kier alpha value is -2.32. The van der Waals surface area contributed by atoms with Crippen LogP contribution in [-0.2, 0) is 16.9 Å². The van der Waals surface area contributed by atoms with E-state index in [0.29, 0.717) is 0 Å². The third-order valence-electron chi connectivity index (χ3n) is 3.11. The number of nitrogens with one attached hydrogen (secondary N) is 1. The number of amides is 1. The van der Waals surface area contributed by atoms with Gasteiger partial charge in [-0.15, -0.1) is 0 Å². The van der Waals surface area contributed by atoms with Gasteiger partial charge >= 0.3 is 6.09 Å². The van der Waals surface area contributed by atoms with E-state index in [4.69, 9.17) is 20.8 Å². The highest BCUT2D eigenvalue weighted by atomic mass is 16.6. The molecule has 0 aliphatic heterocycles. The zero-order valence-corrected chi connectivity index (χ0v) is 13.2. The topological polar surface area (TPSA) is 137 Å². The van der Waals surface area contributed by atoms with E-state index in [-0.39, 0.29) is 25.5 Å². The van der Waals surface area contributed by atoms with Gasteiger partial charge in [-0.25, -0.2) is 4.79 Å². The van der Waals surface area contributed by atoms with Crippen molar-refractivity contribution < 1.29 is 25.0 Å². The standard InChI is InChI=1S/C15H23N3O5/c1-15(2,22)11-5-3-10(4-6-11)9-12(17-14(20)21)13(16)18-23-8-7-19/h3-6,12,17,19,22H,7-9H2,1-2H3,(H2,16,18)(H,20,21). The van der Waals surface area contributed by atoms with Crippen LogP contribution >= 0.6 is 0 Å². The molecule has 128 valence electrons. The summed E-state index contributed by atoms with van der Waals surface area (Å²) in [5, 5.41) is 33.3. The molecular weight excluding hydrogens is 302 g/mol. The van der Waals surface area contributed by atoms with E-state index in [1.54, 1.807) is 38.1 Å². The highest BCUT2D eigenvalue weighted by molar-refractivity contribution is 5.88. The van der Waals surface area contributed by atoms with Crippen molar-refractivity contribution in [3.05, 3.63) is 35.4 Å². The first kappa shape index (κ1) is 18.7. The summed E-state index contributed by atoms with van der Waals surface area (Å²) in [6, 6.07) is 6.34. The van der Waals surface area contributed by atoms with Crippen molar-refractivity contribution in [3.63, 3.8) is 0 Å². The fraction of sp³-hybridized carbons (Fsp3) is 0.467. The molecule has 0 aliphatic carbocycles. The Morgan fingerprint density at radius 3 is 2.48 bits per heavy atom. The van der Waals surface area contributed by atoms with Gasteiger partial charge in [0.2, 0.25) is 0 Å². The number of nitrogens with two attached hydrogens (primary N) is 1. The maximum Gasteiger partial charge on any atom is 0.405 e. The average Bonchev–Trinajstić information content (AvgIpc) is 2.46. The van der Waals surface area contributed by atoms with Crippen molar-refractivity contribution in [2.24, 2.45) is 10.9 Å². The summed E-state index contributed by atoms with van der Waals surface area (Å²) in [6.07, 6.45) is -0.959. The first-order chi connectivity index (χ1) is 10.7. The molecule has 1 rings (SSSR count). The molecule has 0 heterocycles. The summed E-state index contributed by atoms with van der Waals surface area (Å²) in [5.74, 6) is -0.0348. The van der Waals surface area contributed by atoms with Crippen molar-refractivity contribution >= 4 is 11.9 Å².